The van der Waals surface area contributed by atoms with E-state index in [4.69, 9.17) is 29.6 Å². The number of hydroxylamine groups is 2. The summed E-state index contributed by atoms with van der Waals surface area (Å²) in [5.74, 6) is 0.725. The predicted octanol–water partition coefficient (Wildman–Crippen LogP) is 2.33. The molecule has 0 atom stereocenters. The third-order valence-electron chi connectivity index (χ3n) is 2.72. The molecular weight excluding hydrogens is 374 g/mol. The van der Waals surface area contributed by atoms with Gasteiger partial charge in [-0.3, -0.25) is 9.77 Å². The molecule has 1 heterocycles. The summed E-state index contributed by atoms with van der Waals surface area (Å²) < 4.78 is 2.13. The molecule has 23 heavy (non-hydrogen) atoms. The van der Waals surface area contributed by atoms with Crippen LogP contribution in [0.3, 0.4) is 0 Å². The number of hydrogen-bond donors (Lipinski definition) is 4. The minimum absolute atomic E-state index is 0.257. The van der Waals surface area contributed by atoms with Gasteiger partial charge in [-0.2, -0.15) is 0 Å². The Kier molecular flexibility index (Phi) is 5.70. The smallest absolute Gasteiger partial charge is 0.306 e. The second kappa shape index (κ2) is 7.36. The fourth-order valence-corrected chi connectivity index (χ4v) is 2.26. The SMILES string of the molecule is CN(O)C(=O)Nc1ccc(-n2c(C(=S)S)nnc2C(=S)S)cc1. The Balaban J connectivity index is 2.40. The van der Waals surface area contributed by atoms with Crippen LogP contribution >= 0.6 is 49.7 Å². The van der Waals surface area contributed by atoms with Crippen molar-refractivity contribution >= 4 is 69.8 Å². The molecule has 7 nitrogen and oxygen atoms in total. The molecule has 0 spiro atoms. The average Bonchev–Trinajstić information content (AvgIpc) is 2.93. The summed E-state index contributed by atoms with van der Waals surface area (Å²) in [6, 6.07) is 6.06. The maximum absolute atomic E-state index is 11.4. The number of thiol groups is 2. The lowest BCUT2D eigenvalue weighted by Gasteiger charge is -2.12. The second-order valence-electron chi connectivity index (χ2n) is 4.29. The molecule has 0 radical (unpaired) electrons. The van der Waals surface area contributed by atoms with Crippen LogP contribution in [0.4, 0.5) is 10.5 Å². The lowest BCUT2D eigenvalue weighted by molar-refractivity contribution is -0.0118. The van der Waals surface area contributed by atoms with Crippen molar-refractivity contribution in [1.29, 1.82) is 0 Å². The van der Waals surface area contributed by atoms with E-state index in [1.54, 1.807) is 28.8 Å². The Morgan fingerprint density at radius 3 is 2.04 bits per heavy atom. The highest BCUT2D eigenvalue weighted by atomic mass is 32.1. The maximum atomic E-state index is 11.4. The van der Waals surface area contributed by atoms with Gasteiger partial charge in [0.25, 0.3) is 0 Å². The molecular formula is C12H11N5O2S4. The number of urea groups is 1. The number of nitrogens with one attached hydrogen (secondary N) is 1. The van der Waals surface area contributed by atoms with Crippen molar-refractivity contribution in [2.24, 2.45) is 0 Å². The van der Waals surface area contributed by atoms with E-state index >= 15 is 0 Å². The van der Waals surface area contributed by atoms with Gasteiger partial charge in [0.05, 0.1) is 0 Å². The van der Waals surface area contributed by atoms with E-state index in [1.165, 1.54) is 7.05 Å². The molecule has 1 aromatic heterocycles. The summed E-state index contributed by atoms with van der Waals surface area (Å²) in [5, 5.41) is 19.9. The standard InChI is InChI=1S/C12H11N5O2S4/c1-16(19)12(18)13-6-2-4-7(5-3-6)17-8(10(20)21)14-15-9(17)11(22)23/h2-5,19H,1H3,(H,13,18)(H,20,21)(H,22,23). The highest BCUT2D eigenvalue weighted by Gasteiger charge is 2.17. The number of thiocarbonyl (C=S) groups is 2. The largest absolute Gasteiger partial charge is 0.345 e. The molecule has 0 aliphatic heterocycles. The fraction of sp³-hybridized carbons (Fsp3) is 0.0833. The van der Waals surface area contributed by atoms with Crippen molar-refractivity contribution in [3.8, 4) is 5.69 Å². The Hall–Kier alpha value is -1.53. The van der Waals surface area contributed by atoms with Crippen molar-refractivity contribution in [3.05, 3.63) is 35.9 Å². The van der Waals surface area contributed by atoms with Crippen LogP contribution < -0.4 is 5.32 Å². The Morgan fingerprint density at radius 2 is 1.65 bits per heavy atom. The topological polar surface area (TPSA) is 83.3 Å². The maximum Gasteiger partial charge on any atom is 0.345 e. The number of carbonyl (C=O) groups is 1. The number of aromatic nitrogens is 3. The first kappa shape index (κ1) is 17.8. The van der Waals surface area contributed by atoms with Crippen molar-refractivity contribution in [1.82, 2.24) is 19.8 Å². The normalized spacial score (nSPS) is 10.3. The molecule has 2 N–H and O–H groups in total. The van der Waals surface area contributed by atoms with Crippen LogP contribution in [0.25, 0.3) is 5.69 Å². The van der Waals surface area contributed by atoms with Gasteiger partial charge in [0.2, 0.25) is 0 Å². The zero-order valence-electron chi connectivity index (χ0n) is 11.7. The number of benzene rings is 1. The van der Waals surface area contributed by atoms with Crippen LogP contribution in [0.15, 0.2) is 24.3 Å². The summed E-state index contributed by atoms with van der Waals surface area (Å²) >= 11 is 18.3. The number of hydrogen-bond acceptors (Lipinski definition) is 6. The molecule has 0 bridgehead atoms. The monoisotopic (exact) mass is 385 g/mol. The molecule has 0 aliphatic rings. The molecule has 0 saturated heterocycles. The number of nitrogens with zero attached hydrogens (tertiary/aromatic N) is 4. The fourth-order valence-electron chi connectivity index (χ4n) is 1.70. The molecule has 11 heteroatoms. The first-order valence-corrected chi connectivity index (χ1v) is 7.78. The molecule has 0 fully saturated rings. The van der Waals surface area contributed by atoms with Gasteiger partial charge in [-0.1, -0.05) is 24.4 Å². The zero-order valence-corrected chi connectivity index (χ0v) is 15.1. The number of carbonyl (C=O) groups excluding carboxylic acids is 1. The van der Waals surface area contributed by atoms with E-state index in [0.717, 1.165) is 0 Å². The highest BCUT2D eigenvalue weighted by Crippen LogP contribution is 2.19. The van der Waals surface area contributed by atoms with Gasteiger partial charge < -0.3 is 5.32 Å². The van der Waals surface area contributed by atoms with E-state index in [-0.39, 0.29) is 8.39 Å². The van der Waals surface area contributed by atoms with Crippen LogP contribution in [0.5, 0.6) is 0 Å². The Bertz CT molecular complexity index is 741. The highest BCUT2D eigenvalue weighted by molar-refractivity contribution is 8.12. The van der Waals surface area contributed by atoms with E-state index in [1.807, 2.05) is 0 Å². The Morgan fingerprint density at radius 1 is 1.17 bits per heavy atom. The quantitative estimate of drug-likeness (QED) is 0.280. The van der Waals surface area contributed by atoms with Crippen LogP contribution in [0.2, 0.25) is 0 Å². The lowest BCUT2D eigenvalue weighted by atomic mass is 10.2. The van der Waals surface area contributed by atoms with Crippen molar-refractivity contribution in [2.45, 2.75) is 0 Å². The van der Waals surface area contributed by atoms with Gasteiger partial charge in [0.15, 0.2) is 11.6 Å². The molecule has 0 unspecified atom stereocenters. The second-order valence-corrected chi connectivity index (χ2v) is 6.61. The summed E-state index contributed by atoms with van der Waals surface area (Å²) in [6.45, 7) is 0. The summed E-state index contributed by atoms with van der Waals surface area (Å²) in [4.78, 5) is 11.4. The third kappa shape index (κ3) is 4.06. The average molecular weight is 386 g/mol. The summed E-state index contributed by atoms with van der Waals surface area (Å²) in [5.41, 5.74) is 1.17. The molecule has 2 aromatic rings. The molecule has 120 valence electrons. The molecule has 1 aromatic carbocycles. The summed E-state index contributed by atoms with van der Waals surface area (Å²) in [6.07, 6.45) is 0. The minimum Gasteiger partial charge on any atom is -0.306 e. The Labute approximate surface area is 153 Å². The lowest BCUT2D eigenvalue weighted by Crippen LogP contribution is -2.27. The molecule has 2 amide bonds. The van der Waals surface area contributed by atoms with Crippen molar-refractivity contribution in [2.75, 3.05) is 12.4 Å². The van der Waals surface area contributed by atoms with Crippen LogP contribution in [-0.4, -0.2) is 46.5 Å². The number of anilines is 1. The summed E-state index contributed by atoms with van der Waals surface area (Å²) in [7, 11) is 1.22. The molecule has 0 aliphatic carbocycles. The van der Waals surface area contributed by atoms with E-state index in [2.05, 4.69) is 40.8 Å². The first-order chi connectivity index (χ1) is 10.8. The van der Waals surface area contributed by atoms with E-state index in [9.17, 15) is 4.79 Å². The van der Waals surface area contributed by atoms with Gasteiger partial charge in [-0.15, -0.1) is 35.5 Å². The van der Waals surface area contributed by atoms with E-state index < -0.39 is 6.03 Å². The van der Waals surface area contributed by atoms with Crippen LogP contribution in [0.1, 0.15) is 11.6 Å². The third-order valence-corrected chi connectivity index (χ3v) is 3.48. The number of rotatable bonds is 4. The van der Waals surface area contributed by atoms with Gasteiger partial charge in [0, 0.05) is 18.4 Å². The predicted molar refractivity (Wildman–Crippen MR) is 101 cm³/mol. The van der Waals surface area contributed by atoms with E-state index in [0.29, 0.717) is 28.1 Å². The van der Waals surface area contributed by atoms with Crippen LogP contribution in [-0.2, 0) is 0 Å². The van der Waals surface area contributed by atoms with Gasteiger partial charge in [0.1, 0.15) is 8.39 Å². The first-order valence-electron chi connectivity index (χ1n) is 6.07. The molecule has 0 saturated carbocycles. The van der Waals surface area contributed by atoms with Gasteiger partial charge >= 0.3 is 6.03 Å². The minimum atomic E-state index is -0.656. The van der Waals surface area contributed by atoms with Gasteiger partial charge in [-0.05, 0) is 24.3 Å². The molecule has 2 rings (SSSR count). The number of amides is 2. The zero-order chi connectivity index (χ0) is 17.1. The van der Waals surface area contributed by atoms with Gasteiger partial charge in [-0.25, -0.2) is 9.86 Å². The van der Waals surface area contributed by atoms with Crippen molar-refractivity contribution in [3.63, 3.8) is 0 Å². The van der Waals surface area contributed by atoms with Crippen LogP contribution in [0, 0.1) is 0 Å². The van der Waals surface area contributed by atoms with Crippen molar-refractivity contribution < 1.29 is 10.0 Å².